The number of nitrogens with zero attached hydrogens (tertiary/aromatic N) is 3. The first-order chi connectivity index (χ1) is 8.25. The lowest BCUT2D eigenvalue weighted by Gasteiger charge is -2.22. The van der Waals surface area contributed by atoms with Crippen molar-refractivity contribution in [1.29, 1.82) is 0 Å². The molecule has 4 heteroatoms. The summed E-state index contributed by atoms with van der Waals surface area (Å²) < 4.78 is 0. The molecule has 0 bridgehead atoms. The van der Waals surface area contributed by atoms with Gasteiger partial charge in [0.15, 0.2) is 5.65 Å². The molecule has 0 saturated carbocycles. The van der Waals surface area contributed by atoms with E-state index < -0.39 is 0 Å². The summed E-state index contributed by atoms with van der Waals surface area (Å²) in [6.07, 6.45) is 8.24. The second-order valence-corrected chi connectivity index (χ2v) is 5.05. The summed E-state index contributed by atoms with van der Waals surface area (Å²) in [5.74, 6) is 0. The Morgan fingerprint density at radius 3 is 2.94 bits per heavy atom. The van der Waals surface area contributed by atoms with E-state index in [4.69, 9.17) is 0 Å². The van der Waals surface area contributed by atoms with Crippen LogP contribution in [0.2, 0.25) is 0 Å². The summed E-state index contributed by atoms with van der Waals surface area (Å²) >= 11 is 0. The van der Waals surface area contributed by atoms with Crippen LogP contribution in [0.4, 0.5) is 0 Å². The van der Waals surface area contributed by atoms with Crippen molar-refractivity contribution in [3.63, 3.8) is 0 Å². The van der Waals surface area contributed by atoms with Gasteiger partial charge in [-0.2, -0.15) is 0 Å². The van der Waals surface area contributed by atoms with Gasteiger partial charge < -0.3 is 9.88 Å². The zero-order valence-corrected chi connectivity index (χ0v) is 10.4. The van der Waals surface area contributed by atoms with Crippen LogP contribution < -0.4 is 0 Å². The van der Waals surface area contributed by atoms with Crippen molar-refractivity contribution >= 4 is 11.2 Å². The lowest BCUT2D eigenvalue weighted by atomic mass is 10.1. The number of hydrogen-bond donors (Lipinski definition) is 1. The summed E-state index contributed by atoms with van der Waals surface area (Å²) in [6.45, 7) is 0. The van der Waals surface area contributed by atoms with Crippen molar-refractivity contribution in [2.24, 2.45) is 0 Å². The van der Waals surface area contributed by atoms with E-state index >= 15 is 0 Å². The Labute approximate surface area is 101 Å². The molecule has 3 rings (SSSR count). The Kier molecular flexibility index (Phi) is 2.59. The number of nitrogens with one attached hydrogen (secondary N) is 1. The molecule has 1 atom stereocenters. The maximum absolute atomic E-state index is 4.48. The molecule has 1 N–H and O–H groups in total. The molecule has 0 fully saturated rings. The molecule has 2 heterocycles. The molecule has 1 aliphatic rings. The van der Waals surface area contributed by atoms with Crippen molar-refractivity contribution in [3.8, 4) is 0 Å². The number of H-pyrrole nitrogens is 1. The number of hydrogen-bond acceptors (Lipinski definition) is 3. The van der Waals surface area contributed by atoms with E-state index in [0.29, 0.717) is 6.04 Å². The van der Waals surface area contributed by atoms with E-state index in [1.165, 1.54) is 24.1 Å². The van der Waals surface area contributed by atoms with Gasteiger partial charge in [-0.15, -0.1) is 0 Å². The molecule has 1 aliphatic carbocycles. The minimum atomic E-state index is 0.622. The minimum Gasteiger partial charge on any atom is -0.342 e. The predicted molar refractivity (Wildman–Crippen MR) is 68.0 cm³/mol. The van der Waals surface area contributed by atoms with Crippen LogP contribution in [0.15, 0.2) is 12.4 Å². The van der Waals surface area contributed by atoms with E-state index in [2.05, 4.69) is 33.9 Å². The molecule has 0 radical (unpaired) electrons. The molecule has 0 unspecified atom stereocenters. The number of aryl methyl sites for hydroxylation is 1. The summed E-state index contributed by atoms with van der Waals surface area (Å²) in [5.41, 5.74) is 4.73. The highest BCUT2D eigenvalue weighted by Gasteiger charge is 2.22. The molecule has 0 amide bonds. The van der Waals surface area contributed by atoms with Gasteiger partial charge in [-0.25, -0.2) is 4.98 Å². The highest BCUT2D eigenvalue weighted by molar-refractivity contribution is 5.76. The molecule has 0 saturated heterocycles. The normalized spacial score (nSPS) is 20.5. The minimum absolute atomic E-state index is 0.622. The molecule has 0 aromatic carbocycles. The Hall–Kier alpha value is -1.42. The Bertz CT molecular complexity index is 529. The van der Waals surface area contributed by atoms with Gasteiger partial charge in [-0.3, -0.25) is 4.98 Å². The molecule has 0 aliphatic heterocycles. The number of rotatable bonds is 1. The fraction of sp³-hybridized carbons (Fsp3) is 0.538. The van der Waals surface area contributed by atoms with E-state index in [0.717, 1.165) is 24.0 Å². The summed E-state index contributed by atoms with van der Waals surface area (Å²) in [6, 6.07) is 0.622. The first-order valence-corrected chi connectivity index (χ1v) is 6.22. The van der Waals surface area contributed by atoms with Crippen molar-refractivity contribution in [3.05, 3.63) is 23.7 Å². The topological polar surface area (TPSA) is 44.8 Å². The van der Waals surface area contributed by atoms with Gasteiger partial charge in [-0.05, 0) is 39.8 Å². The van der Waals surface area contributed by atoms with Gasteiger partial charge in [0.2, 0.25) is 0 Å². The highest BCUT2D eigenvalue weighted by Crippen LogP contribution is 2.27. The Morgan fingerprint density at radius 2 is 2.12 bits per heavy atom. The average molecular weight is 230 g/mol. The van der Waals surface area contributed by atoms with Crippen molar-refractivity contribution in [1.82, 2.24) is 19.9 Å². The van der Waals surface area contributed by atoms with E-state index in [1.807, 2.05) is 0 Å². The first kappa shape index (κ1) is 10.7. The fourth-order valence-corrected chi connectivity index (χ4v) is 2.74. The van der Waals surface area contributed by atoms with Crippen LogP contribution in [-0.4, -0.2) is 40.0 Å². The van der Waals surface area contributed by atoms with Crippen LogP contribution in [0.1, 0.15) is 24.1 Å². The fourth-order valence-electron chi connectivity index (χ4n) is 2.74. The second-order valence-electron chi connectivity index (χ2n) is 5.05. The van der Waals surface area contributed by atoms with Crippen LogP contribution in [0, 0.1) is 0 Å². The number of aromatic amines is 1. The predicted octanol–water partition coefficient (Wildman–Crippen LogP) is 1.77. The average Bonchev–Trinajstić information content (AvgIpc) is 2.53. The van der Waals surface area contributed by atoms with Gasteiger partial charge in [0.25, 0.3) is 0 Å². The maximum Gasteiger partial charge on any atom is 0.156 e. The molecular formula is C13H18N4. The van der Waals surface area contributed by atoms with E-state index in [9.17, 15) is 0 Å². The van der Waals surface area contributed by atoms with E-state index in [-0.39, 0.29) is 0 Å². The molecule has 2 aromatic rings. The molecule has 0 spiro atoms. The van der Waals surface area contributed by atoms with Crippen LogP contribution in [0.3, 0.4) is 0 Å². The quantitative estimate of drug-likeness (QED) is 0.759. The van der Waals surface area contributed by atoms with Crippen LogP contribution >= 0.6 is 0 Å². The number of aromatic nitrogens is 3. The Morgan fingerprint density at radius 1 is 1.29 bits per heavy atom. The lowest BCUT2D eigenvalue weighted by molar-refractivity contribution is 0.277. The molecule has 2 aromatic heterocycles. The van der Waals surface area contributed by atoms with Gasteiger partial charge in [-0.1, -0.05) is 0 Å². The first-order valence-electron chi connectivity index (χ1n) is 6.22. The molecule has 4 nitrogen and oxygen atoms in total. The van der Waals surface area contributed by atoms with Crippen molar-refractivity contribution in [2.45, 2.75) is 31.7 Å². The third-order valence-corrected chi connectivity index (χ3v) is 3.75. The monoisotopic (exact) mass is 230 g/mol. The number of likely N-dealkylation sites (N-methyl/N-ethyl adjacent to an activating group) is 1. The van der Waals surface area contributed by atoms with Gasteiger partial charge in [0, 0.05) is 29.7 Å². The third kappa shape index (κ3) is 1.82. The van der Waals surface area contributed by atoms with Gasteiger partial charge in [0.05, 0.1) is 0 Å². The summed E-state index contributed by atoms with van der Waals surface area (Å²) in [7, 11) is 4.33. The summed E-state index contributed by atoms with van der Waals surface area (Å²) in [4.78, 5) is 14.6. The molecular weight excluding hydrogens is 212 g/mol. The SMILES string of the molecule is CN(C)[C@H]1CCCc2[nH]c3nccnc3c2C1. The number of fused-ring (bicyclic) bond motifs is 3. The summed E-state index contributed by atoms with van der Waals surface area (Å²) in [5, 5.41) is 0. The lowest BCUT2D eigenvalue weighted by Crippen LogP contribution is -2.29. The standard InChI is InChI=1S/C13H18N4/c1-17(2)9-4-3-5-11-10(8-9)12-13(16-11)15-7-6-14-12/h6-7,9H,3-5,8H2,1-2H3,(H,15,16)/t9-/m0/s1. The van der Waals surface area contributed by atoms with Crippen LogP contribution in [0.25, 0.3) is 11.2 Å². The molecule has 90 valence electrons. The third-order valence-electron chi connectivity index (χ3n) is 3.75. The zero-order valence-electron chi connectivity index (χ0n) is 10.4. The van der Waals surface area contributed by atoms with Gasteiger partial charge >= 0.3 is 0 Å². The smallest absolute Gasteiger partial charge is 0.156 e. The zero-order chi connectivity index (χ0) is 11.8. The Balaban J connectivity index is 2.08. The van der Waals surface area contributed by atoms with Crippen LogP contribution in [0.5, 0.6) is 0 Å². The maximum atomic E-state index is 4.48. The van der Waals surface area contributed by atoms with Crippen molar-refractivity contribution < 1.29 is 0 Å². The van der Waals surface area contributed by atoms with Crippen LogP contribution in [-0.2, 0) is 12.8 Å². The second kappa shape index (κ2) is 4.11. The van der Waals surface area contributed by atoms with Crippen molar-refractivity contribution in [2.75, 3.05) is 14.1 Å². The molecule has 17 heavy (non-hydrogen) atoms. The highest BCUT2D eigenvalue weighted by atomic mass is 15.1. The van der Waals surface area contributed by atoms with Gasteiger partial charge in [0.1, 0.15) is 5.52 Å². The largest absolute Gasteiger partial charge is 0.342 e. The van der Waals surface area contributed by atoms with E-state index in [1.54, 1.807) is 12.4 Å².